The molecule has 0 saturated heterocycles. The number of thioether (sulfide) groups is 1. The van der Waals surface area contributed by atoms with Crippen molar-refractivity contribution in [3.63, 3.8) is 0 Å². The highest BCUT2D eigenvalue weighted by Gasteiger charge is 1.95. The molecule has 0 rings (SSSR count). The van der Waals surface area contributed by atoms with E-state index in [9.17, 15) is 0 Å². The molecule has 0 aromatic heterocycles. The molecule has 0 heterocycles. The van der Waals surface area contributed by atoms with Gasteiger partial charge in [0, 0.05) is 5.25 Å². The fraction of sp³-hybridized carbons (Fsp3) is 0.833. The smallest absolute Gasteiger partial charge is 0.0584 e. The molecule has 1 atom stereocenters. The summed E-state index contributed by atoms with van der Waals surface area (Å²) in [6.07, 6.45) is 3.20. The first-order chi connectivity index (χ1) is 4.31. The van der Waals surface area contributed by atoms with Crippen molar-refractivity contribution in [2.45, 2.75) is 18.6 Å². The molecule has 0 bridgehead atoms. The number of thiocarbonyl (C=S) groups is 1. The van der Waals surface area contributed by atoms with Crippen LogP contribution in [0.4, 0.5) is 0 Å². The number of hydrogen-bond acceptors (Lipinski definition) is 3. The normalized spacial score (nSPS) is 12.2. The SMILES string of the molecule is CSC(C)CCN=C=S. The summed E-state index contributed by atoms with van der Waals surface area (Å²) in [5, 5.41) is 3.04. The van der Waals surface area contributed by atoms with Gasteiger partial charge in [-0.2, -0.15) is 11.8 Å². The molecule has 0 aromatic carbocycles. The highest BCUT2D eigenvalue weighted by Crippen LogP contribution is 2.08. The van der Waals surface area contributed by atoms with Gasteiger partial charge < -0.3 is 0 Å². The maximum Gasteiger partial charge on any atom is 0.0584 e. The Morgan fingerprint density at radius 3 is 2.89 bits per heavy atom. The van der Waals surface area contributed by atoms with E-state index in [0.717, 1.165) is 13.0 Å². The zero-order valence-corrected chi connectivity index (χ0v) is 7.39. The summed E-state index contributed by atoms with van der Waals surface area (Å²) < 4.78 is 0. The zero-order chi connectivity index (χ0) is 7.11. The second kappa shape index (κ2) is 6.27. The van der Waals surface area contributed by atoms with Crippen LogP contribution in [0.2, 0.25) is 0 Å². The molecule has 9 heavy (non-hydrogen) atoms. The molecule has 1 unspecified atom stereocenters. The molecule has 3 heteroatoms. The van der Waals surface area contributed by atoms with Gasteiger partial charge in [0.2, 0.25) is 0 Å². The zero-order valence-electron chi connectivity index (χ0n) is 5.76. The second-order valence-electron chi connectivity index (χ2n) is 1.81. The van der Waals surface area contributed by atoms with Crippen molar-refractivity contribution in [3.8, 4) is 0 Å². The topological polar surface area (TPSA) is 12.4 Å². The lowest BCUT2D eigenvalue weighted by molar-refractivity contribution is 0.829. The third-order valence-electron chi connectivity index (χ3n) is 1.11. The third-order valence-corrected chi connectivity index (χ3v) is 2.28. The summed E-state index contributed by atoms with van der Waals surface area (Å²) >= 11 is 6.27. The lowest BCUT2D eigenvalue weighted by atomic mass is 10.3. The van der Waals surface area contributed by atoms with Gasteiger partial charge in [-0.1, -0.05) is 6.92 Å². The summed E-state index contributed by atoms with van der Waals surface area (Å²) in [4.78, 5) is 3.81. The molecule has 0 radical (unpaired) electrons. The van der Waals surface area contributed by atoms with Crippen molar-refractivity contribution in [3.05, 3.63) is 0 Å². The molecule has 1 nitrogen and oxygen atoms in total. The Kier molecular flexibility index (Phi) is 6.38. The molecular formula is C6H11NS2. The molecule has 0 aliphatic carbocycles. The van der Waals surface area contributed by atoms with Crippen LogP contribution >= 0.6 is 24.0 Å². The van der Waals surface area contributed by atoms with Crippen LogP contribution in [-0.2, 0) is 0 Å². The fourth-order valence-electron chi connectivity index (χ4n) is 0.410. The molecule has 0 aliphatic rings. The summed E-state index contributed by atoms with van der Waals surface area (Å²) in [7, 11) is 0. The Bertz CT molecular complexity index is 108. The van der Waals surface area contributed by atoms with Crippen LogP contribution in [0.5, 0.6) is 0 Å². The largest absolute Gasteiger partial charge is 0.232 e. The van der Waals surface area contributed by atoms with Gasteiger partial charge in [0.15, 0.2) is 0 Å². The Labute approximate surface area is 65.9 Å². The number of nitrogens with zero attached hydrogens (tertiary/aromatic N) is 1. The molecule has 52 valence electrons. The highest BCUT2D eigenvalue weighted by molar-refractivity contribution is 7.99. The second-order valence-corrected chi connectivity index (χ2v) is 3.27. The number of aliphatic imine (C=N–C) groups is 1. The Morgan fingerprint density at radius 1 is 1.78 bits per heavy atom. The minimum atomic E-state index is 0.692. The monoisotopic (exact) mass is 161 g/mol. The van der Waals surface area contributed by atoms with Crippen molar-refractivity contribution < 1.29 is 0 Å². The van der Waals surface area contributed by atoms with E-state index in [-0.39, 0.29) is 0 Å². The average Bonchev–Trinajstić information content (AvgIpc) is 1.89. The summed E-state index contributed by atoms with van der Waals surface area (Å²) in [6.45, 7) is 3.01. The predicted octanol–water partition coefficient (Wildman–Crippen LogP) is 2.23. The molecular weight excluding hydrogens is 150 g/mol. The highest BCUT2D eigenvalue weighted by atomic mass is 32.2. The van der Waals surface area contributed by atoms with Crippen LogP contribution in [-0.4, -0.2) is 23.2 Å². The van der Waals surface area contributed by atoms with Crippen molar-refractivity contribution in [2.75, 3.05) is 12.8 Å². The van der Waals surface area contributed by atoms with Crippen LogP contribution in [0.15, 0.2) is 4.99 Å². The average molecular weight is 161 g/mol. The van der Waals surface area contributed by atoms with E-state index in [0.29, 0.717) is 5.25 Å². The van der Waals surface area contributed by atoms with E-state index in [4.69, 9.17) is 0 Å². The van der Waals surface area contributed by atoms with Crippen LogP contribution in [0.3, 0.4) is 0 Å². The van der Waals surface area contributed by atoms with Gasteiger partial charge in [0.25, 0.3) is 0 Å². The van der Waals surface area contributed by atoms with Crippen LogP contribution < -0.4 is 0 Å². The quantitative estimate of drug-likeness (QED) is 0.463. The third kappa shape index (κ3) is 6.03. The standard InChI is InChI=1S/C6H11NS2/c1-6(9-2)3-4-7-5-8/h6H,3-4H2,1-2H3. The van der Waals surface area contributed by atoms with Crippen molar-refractivity contribution >= 4 is 29.1 Å². The molecule has 0 saturated carbocycles. The number of hydrogen-bond donors (Lipinski definition) is 0. The van der Waals surface area contributed by atoms with Crippen LogP contribution in [0.1, 0.15) is 13.3 Å². The van der Waals surface area contributed by atoms with Gasteiger partial charge >= 0.3 is 0 Å². The number of rotatable bonds is 4. The van der Waals surface area contributed by atoms with E-state index >= 15 is 0 Å². The van der Waals surface area contributed by atoms with Crippen molar-refractivity contribution in [1.82, 2.24) is 0 Å². The minimum absolute atomic E-state index is 0.692. The molecule has 0 amide bonds. The molecule has 0 aliphatic heterocycles. The predicted molar refractivity (Wildman–Crippen MR) is 47.5 cm³/mol. The minimum Gasteiger partial charge on any atom is -0.232 e. The molecule has 0 spiro atoms. The number of isothiocyanates is 1. The van der Waals surface area contributed by atoms with Crippen LogP contribution in [0.25, 0.3) is 0 Å². The van der Waals surface area contributed by atoms with E-state index in [1.54, 1.807) is 0 Å². The van der Waals surface area contributed by atoms with E-state index < -0.39 is 0 Å². The van der Waals surface area contributed by atoms with Gasteiger partial charge in [0.1, 0.15) is 0 Å². The van der Waals surface area contributed by atoms with Gasteiger partial charge in [-0.05, 0) is 24.9 Å². The first-order valence-electron chi connectivity index (χ1n) is 2.87. The van der Waals surface area contributed by atoms with Crippen LogP contribution in [0, 0.1) is 0 Å². The van der Waals surface area contributed by atoms with Crippen molar-refractivity contribution in [2.24, 2.45) is 4.99 Å². The summed E-state index contributed by atoms with van der Waals surface area (Å²) in [5.41, 5.74) is 0. The summed E-state index contributed by atoms with van der Waals surface area (Å²) in [6, 6.07) is 0. The molecule has 0 fully saturated rings. The molecule has 0 aromatic rings. The molecule has 0 N–H and O–H groups in total. The Hall–Kier alpha value is 0.150. The van der Waals surface area contributed by atoms with Gasteiger partial charge in [-0.3, -0.25) is 0 Å². The lowest BCUT2D eigenvalue weighted by Crippen LogP contribution is -1.96. The summed E-state index contributed by atoms with van der Waals surface area (Å²) in [5.74, 6) is 0. The van der Waals surface area contributed by atoms with E-state index in [2.05, 4.69) is 35.6 Å². The van der Waals surface area contributed by atoms with Crippen molar-refractivity contribution in [1.29, 1.82) is 0 Å². The first-order valence-corrected chi connectivity index (χ1v) is 4.57. The van der Waals surface area contributed by atoms with Gasteiger partial charge in [-0.25, -0.2) is 4.99 Å². The Balaban J connectivity index is 3.16. The van der Waals surface area contributed by atoms with Gasteiger partial charge in [0.05, 0.1) is 11.7 Å². The first kappa shape index (κ1) is 9.15. The van der Waals surface area contributed by atoms with E-state index in [1.165, 1.54) is 0 Å². The van der Waals surface area contributed by atoms with E-state index in [1.807, 2.05) is 11.8 Å². The maximum absolute atomic E-state index is 4.42. The van der Waals surface area contributed by atoms with Gasteiger partial charge in [-0.15, -0.1) is 0 Å². The Morgan fingerprint density at radius 2 is 2.44 bits per heavy atom. The fourth-order valence-corrected chi connectivity index (χ4v) is 0.842. The lowest BCUT2D eigenvalue weighted by Gasteiger charge is -2.02. The maximum atomic E-state index is 4.42.